The van der Waals surface area contributed by atoms with Crippen molar-refractivity contribution in [2.45, 2.75) is 0 Å². The molecule has 2 N–H and O–H groups in total. The van der Waals surface area contributed by atoms with Gasteiger partial charge >= 0.3 is 5.91 Å². The molecule has 0 aliphatic heterocycles. The number of H-pyrrole nitrogens is 1. The first-order valence-corrected chi connectivity index (χ1v) is 9.19. The Morgan fingerprint density at radius 1 is 1.07 bits per heavy atom. The highest BCUT2D eigenvalue weighted by Crippen LogP contribution is 2.30. The second-order valence-corrected chi connectivity index (χ2v) is 6.75. The van der Waals surface area contributed by atoms with Crippen LogP contribution < -0.4 is 19.2 Å². The van der Waals surface area contributed by atoms with Gasteiger partial charge in [0.2, 0.25) is 5.65 Å². The molecular weight excluding hydrogens is 362 g/mol. The van der Waals surface area contributed by atoms with Gasteiger partial charge in [0.05, 0.1) is 30.9 Å². The van der Waals surface area contributed by atoms with Crippen molar-refractivity contribution in [3.63, 3.8) is 0 Å². The molecule has 7 heteroatoms. The highest BCUT2D eigenvalue weighted by atomic mass is 32.1. The van der Waals surface area contributed by atoms with E-state index in [0.29, 0.717) is 22.9 Å². The number of aromatic nitrogens is 2. The first kappa shape index (κ1) is 17.1. The normalized spacial score (nSPS) is 10.7. The summed E-state index contributed by atoms with van der Waals surface area (Å²) in [5.41, 5.74) is 2.24. The molecule has 6 nitrogen and oxygen atoms in total. The molecule has 1 aromatic carbocycles. The highest BCUT2D eigenvalue weighted by molar-refractivity contribution is 7.13. The van der Waals surface area contributed by atoms with Crippen LogP contribution in [0.2, 0.25) is 0 Å². The minimum Gasteiger partial charge on any atom is -0.493 e. The van der Waals surface area contributed by atoms with E-state index in [1.165, 1.54) is 0 Å². The van der Waals surface area contributed by atoms with E-state index in [2.05, 4.69) is 10.3 Å². The average Bonchev–Trinajstić information content (AvgIpc) is 3.35. The maximum atomic E-state index is 12.9. The summed E-state index contributed by atoms with van der Waals surface area (Å²) in [6, 6.07) is 14.9. The molecule has 0 aliphatic rings. The monoisotopic (exact) mass is 380 g/mol. The second kappa shape index (κ2) is 7.13. The number of anilines is 1. The number of fused-ring (bicyclic) bond motifs is 1. The number of nitrogens with zero attached hydrogens (tertiary/aromatic N) is 1. The van der Waals surface area contributed by atoms with E-state index in [1.54, 1.807) is 43.8 Å². The van der Waals surface area contributed by atoms with Gasteiger partial charge in [-0.2, -0.15) is 0 Å². The second-order valence-electron chi connectivity index (χ2n) is 5.81. The van der Waals surface area contributed by atoms with Crippen LogP contribution in [0.1, 0.15) is 10.4 Å². The van der Waals surface area contributed by atoms with E-state index in [0.717, 1.165) is 16.2 Å². The largest absolute Gasteiger partial charge is 0.493 e. The number of hydrogen-bond donors (Lipinski definition) is 2. The molecule has 0 spiro atoms. The molecule has 1 amide bonds. The Morgan fingerprint density at radius 3 is 2.67 bits per heavy atom. The molecule has 27 heavy (non-hydrogen) atoms. The Labute approximate surface area is 160 Å². The topological polar surface area (TPSA) is 67.5 Å². The average molecular weight is 380 g/mol. The van der Waals surface area contributed by atoms with Crippen molar-refractivity contribution in [2.24, 2.45) is 0 Å². The highest BCUT2D eigenvalue weighted by Gasteiger charge is 2.24. The lowest BCUT2D eigenvalue weighted by atomic mass is 10.2. The summed E-state index contributed by atoms with van der Waals surface area (Å²) in [6.07, 6.45) is 1.91. The van der Waals surface area contributed by atoms with Crippen LogP contribution in [-0.4, -0.2) is 25.1 Å². The van der Waals surface area contributed by atoms with Crippen LogP contribution in [0.4, 0.5) is 5.82 Å². The van der Waals surface area contributed by atoms with Gasteiger partial charge in [0, 0.05) is 6.07 Å². The lowest BCUT2D eigenvalue weighted by molar-refractivity contribution is -0.493. The van der Waals surface area contributed by atoms with Crippen molar-refractivity contribution in [1.29, 1.82) is 0 Å². The number of aromatic amines is 1. The third-order valence-electron chi connectivity index (χ3n) is 4.24. The van der Waals surface area contributed by atoms with Gasteiger partial charge in [-0.05, 0) is 35.7 Å². The number of imidazole rings is 1. The minimum absolute atomic E-state index is 0.231. The molecule has 0 bridgehead atoms. The standard InChI is InChI=1S/C20H17N3O3S/c1-25-14-9-8-13(12-15(14)26-2)20(24)22-19-18(16-6-5-11-27-16)21-17-7-3-4-10-23(17)19/h3-12H,1-2H3,(H,22,24)/p+1. The summed E-state index contributed by atoms with van der Waals surface area (Å²) in [7, 11) is 3.11. The van der Waals surface area contributed by atoms with Gasteiger partial charge in [-0.1, -0.05) is 12.1 Å². The number of carbonyl (C=O) groups is 1. The predicted octanol–water partition coefficient (Wildman–Crippen LogP) is 3.75. The molecular formula is C20H18N3O3S+. The molecule has 3 heterocycles. The number of benzene rings is 1. The summed E-state index contributed by atoms with van der Waals surface area (Å²) in [4.78, 5) is 17.3. The Hall–Kier alpha value is -3.32. The van der Waals surface area contributed by atoms with Crippen molar-refractivity contribution < 1.29 is 18.7 Å². The summed E-state index contributed by atoms with van der Waals surface area (Å²) >= 11 is 1.61. The number of thiophene rings is 1. The molecule has 3 aromatic heterocycles. The number of rotatable bonds is 5. The SMILES string of the molecule is COc1ccc(C(=O)Nc2c(-c3cccs3)[nH]c3cccc[n+]23)cc1OC. The van der Waals surface area contributed by atoms with Crippen LogP contribution in [0.5, 0.6) is 11.5 Å². The number of carbonyl (C=O) groups excluding carboxylic acids is 1. The number of nitrogens with one attached hydrogen (secondary N) is 2. The quantitative estimate of drug-likeness (QED) is 0.518. The molecule has 0 saturated heterocycles. The smallest absolute Gasteiger partial charge is 0.311 e. The maximum Gasteiger partial charge on any atom is 0.311 e. The maximum absolute atomic E-state index is 12.9. The number of pyridine rings is 1. The fourth-order valence-electron chi connectivity index (χ4n) is 2.93. The summed E-state index contributed by atoms with van der Waals surface area (Å²) in [5.74, 6) is 1.55. The molecule has 0 fully saturated rings. The number of methoxy groups -OCH3 is 2. The number of amides is 1. The van der Waals surface area contributed by atoms with Gasteiger partial charge in [-0.3, -0.25) is 9.78 Å². The molecule has 136 valence electrons. The van der Waals surface area contributed by atoms with Crippen molar-refractivity contribution in [3.05, 3.63) is 65.7 Å². The predicted molar refractivity (Wildman–Crippen MR) is 105 cm³/mol. The van der Waals surface area contributed by atoms with Crippen LogP contribution in [0, 0.1) is 0 Å². The molecule has 0 aliphatic carbocycles. The number of hydrogen-bond acceptors (Lipinski definition) is 4. The molecule has 0 atom stereocenters. The Bertz CT molecular complexity index is 1100. The molecule has 0 saturated carbocycles. The zero-order valence-corrected chi connectivity index (χ0v) is 15.7. The first-order chi connectivity index (χ1) is 13.2. The summed E-state index contributed by atoms with van der Waals surface area (Å²) < 4.78 is 12.5. The molecule has 0 radical (unpaired) electrons. The van der Waals surface area contributed by atoms with Gasteiger partial charge in [0.25, 0.3) is 5.82 Å². The van der Waals surface area contributed by atoms with Gasteiger partial charge < -0.3 is 9.47 Å². The third-order valence-corrected chi connectivity index (χ3v) is 5.12. The Kier molecular flexibility index (Phi) is 4.52. The van der Waals surface area contributed by atoms with E-state index in [9.17, 15) is 4.79 Å². The zero-order valence-electron chi connectivity index (χ0n) is 14.9. The third kappa shape index (κ3) is 3.13. The van der Waals surface area contributed by atoms with Crippen LogP contribution in [-0.2, 0) is 0 Å². The number of ether oxygens (including phenoxy) is 2. The molecule has 4 aromatic rings. The lowest BCUT2D eigenvalue weighted by Gasteiger charge is -2.08. The van der Waals surface area contributed by atoms with E-state index < -0.39 is 0 Å². The van der Waals surface area contributed by atoms with Crippen LogP contribution in [0.25, 0.3) is 16.2 Å². The van der Waals surface area contributed by atoms with Crippen molar-refractivity contribution >= 4 is 28.7 Å². The van der Waals surface area contributed by atoms with Crippen LogP contribution in [0.15, 0.2) is 60.1 Å². The molecule has 0 unspecified atom stereocenters. The Morgan fingerprint density at radius 2 is 1.93 bits per heavy atom. The van der Waals surface area contributed by atoms with Gasteiger partial charge in [-0.25, -0.2) is 9.72 Å². The fraction of sp³-hybridized carbons (Fsp3) is 0.100. The summed E-state index contributed by atoms with van der Waals surface area (Å²) in [5, 5.41) is 5.04. The van der Waals surface area contributed by atoms with Crippen LogP contribution in [0.3, 0.4) is 0 Å². The Balaban J connectivity index is 1.75. The van der Waals surface area contributed by atoms with Crippen molar-refractivity contribution in [3.8, 4) is 22.1 Å². The van der Waals surface area contributed by atoms with Gasteiger partial charge in [0.15, 0.2) is 17.2 Å². The van der Waals surface area contributed by atoms with Crippen LogP contribution >= 0.6 is 11.3 Å². The molecule has 4 rings (SSSR count). The minimum atomic E-state index is -0.231. The van der Waals surface area contributed by atoms with Gasteiger partial charge in [-0.15, -0.1) is 11.3 Å². The fourth-order valence-corrected chi connectivity index (χ4v) is 3.65. The van der Waals surface area contributed by atoms with E-state index in [1.807, 2.05) is 46.3 Å². The zero-order chi connectivity index (χ0) is 18.8. The van der Waals surface area contributed by atoms with Crippen molar-refractivity contribution in [1.82, 2.24) is 4.98 Å². The van der Waals surface area contributed by atoms with E-state index >= 15 is 0 Å². The van der Waals surface area contributed by atoms with E-state index in [-0.39, 0.29) is 5.91 Å². The first-order valence-electron chi connectivity index (χ1n) is 8.31. The van der Waals surface area contributed by atoms with Gasteiger partial charge in [0.1, 0.15) is 0 Å². The lowest BCUT2D eigenvalue weighted by Crippen LogP contribution is -2.26. The van der Waals surface area contributed by atoms with Crippen molar-refractivity contribution in [2.75, 3.05) is 19.5 Å². The summed E-state index contributed by atoms with van der Waals surface area (Å²) in [6.45, 7) is 0. The van der Waals surface area contributed by atoms with E-state index in [4.69, 9.17) is 9.47 Å².